The third-order valence-corrected chi connectivity index (χ3v) is 8.42. The van der Waals surface area contributed by atoms with Crippen LogP contribution in [-0.2, 0) is 19.9 Å². The fraction of sp³-hybridized carbons (Fsp3) is 0.278. The molecule has 30 heavy (non-hydrogen) atoms. The van der Waals surface area contributed by atoms with Gasteiger partial charge in [-0.05, 0) is 42.8 Å². The van der Waals surface area contributed by atoms with Crippen LogP contribution in [0.15, 0.2) is 58.3 Å². The Kier molecular flexibility index (Phi) is 6.80. The second-order valence-electron chi connectivity index (χ2n) is 6.57. The van der Waals surface area contributed by atoms with Crippen LogP contribution in [0.5, 0.6) is 0 Å². The number of anilines is 1. The van der Waals surface area contributed by atoms with Crippen molar-refractivity contribution in [1.82, 2.24) is 4.72 Å². The Morgan fingerprint density at radius 2 is 1.77 bits per heavy atom. The molecule has 12 heteroatoms. The minimum absolute atomic E-state index is 0.0649. The van der Waals surface area contributed by atoms with Crippen LogP contribution in [0.3, 0.4) is 0 Å². The van der Waals surface area contributed by atoms with Gasteiger partial charge in [0.15, 0.2) is 9.84 Å². The fourth-order valence-electron chi connectivity index (χ4n) is 2.92. The third kappa shape index (κ3) is 5.78. The number of carbonyl (C=O) groups is 1. The average molecular weight is 477 g/mol. The molecule has 3 rings (SSSR count). The van der Waals surface area contributed by atoms with Crippen molar-refractivity contribution in [3.8, 4) is 0 Å². The van der Waals surface area contributed by atoms with E-state index in [0.29, 0.717) is 11.8 Å². The lowest BCUT2D eigenvalue weighted by atomic mass is 10.2. The Balaban J connectivity index is 1.70. The Morgan fingerprint density at radius 1 is 1.10 bits per heavy atom. The normalized spacial score (nSPS) is 18.4. The number of nitrogens with one attached hydrogen (secondary N) is 2. The van der Waals surface area contributed by atoms with Gasteiger partial charge in [0.25, 0.3) is 11.7 Å². The first-order valence-electron chi connectivity index (χ1n) is 8.74. The number of sulfonamides is 1. The number of hydrogen-bond donors (Lipinski definition) is 2. The summed E-state index contributed by atoms with van der Waals surface area (Å²) in [4.78, 5) is 12.5. The van der Waals surface area contributed by atoms with Crippen molar-refractivity contribution in [2.45, 2.75) is 28.0 Å². The third-order valence-electron chi connectivity index (χ3n) is 4.33. The molecule has 0 radical (unpaired) electrons. The Hall–Kier alpha value is -2.02. The molecule has 1 amide bonds. The number of hydrogen-bond acceptors (Lipinski definition) is 6. The molecule has 0 spiro atoms. The molecule has 2 aromatic carbocycles. The first kappa shape index (κ1) is 22.7. The highest BCUT2D eigenvalue weighted by molar-refractivity contribution is 7.99. The van der Waals surface area contributed by atoms with E-state index in [1.165, 1.54) is 36.4 Å². The predicted octanol–water partition coefficient (Wildman–Crippen LogP) is 2.72. The lowest BCUT2D eigenvalue weighted by Gasteiger charge is -2.13. The molecule has 162 valence electrons. The summed E-state index contributed by atoms with van der Waals surface area (Å²) >= 11 is 0.304. The molecule has 1 fully saturated rings. The maximum atomic E-state index is 12.7. The number of para-hydroxylation sites is 1. The maximum Gasteiger partial charge on any atom is 0.288 e. The van der Waals surface area contributed by atoms with Gasteiger partial charge in [-0.2, -0.15) is 8.78 Å². The van der Waals surface area contributed by atoms with E-state index >= 15 is 0 Å². The van der Waals surface area contributed by atoms with Crippen LogP contribution >= 0.6 is 11.8 Å². The quantitative estimate of drug-likeness (QED) is 0.595. The van der Waals surface area contributed by atoms with E-state index in [-0.39, 0.29) is 39.0 Å². The molecule has 0 aromatic heterocycles. The summed E-state index contributed by atoms with van der Waals surface area (Å²) in [5.41, 5.74) is 0.350. The molecule has 2 aromatic rings. The van der Waals surface area contributed by atoms with E-state index in [0.717, 1.165) is 0 Å². The molecular formula is C18H18F2N2O5S3. The standard InChI is InChI=1S/C18H18F2N2O5S3/c19-18(20)28-16-4-2-1-3-15(16)21-17(23)12-5-7-14(8-6-12)30(26,27)22-13-9-10-29(24,25)11-13/h1-8,13,18,22H,9-11H2,(H,21,23)/t13-/m0/s1. The summed E-state index contributed by atoms with van der Waals surface area (Å²) in [6.07, 6.45) is 0.206. The van der Waals surface area contributed by atoms with Gasteiger partial charge in [0.2, 0.25) is 10.0 Å². The zero-order valence-corrected chi connectivity index (χ0v) is 17.9. The summed E-state index contributed by atoms with van der Waals surface area (Å²) in [6, 6.07) is 10.4. The SMILES string of the molecule is O=C(Nc1ccccc1SC(F)F)c1ccc(S(=O)(=O)N[C@H]2CCS(=O)(=O)C2)cc1. The van der Waals surface area contributed by atoms with Gasteiger partial charge < -0.3 is 5.32 Å². The number of halogens is 2. The van der Waals surface area contributed by atoms with Crippen molar-refractivity contribution in [3.63, 3.8) is 0 Å². The van der Waals surface area contributed by atoms with Crippen LogP contribution < -0.4 is 10.0 Å². The van der Waals surface area contributed by atoms with E-state index in [4.69, 9.17) is 0 Å². The smallest absolute Gasteiger partial charge is 0.288 e. The minimum Gasteiger partial charge on any atom is -0.321 e. The van der Waals surface area contributed by atoms with Crippen molar-refractivity contribution >= 4 is 43.2 Å². The minimum atomic E-state index is -3.95. The van der Waals surface area contributed by atoms with E-state index in [1.54, 1.807) is 12.1 Å². The van der Waals surface area contributed by atoms with Gasteiger partial charge in [0, 0.05) is 16.5 Å². The van der Waals surface area contributed by atoms with Crippen LogP contribution in [0, 0.1) is 0 Å². The summed E-state index contributed by atoms with van der Waals surface area (Å²) in [6.45, 7) is 0. The van der Waals surface area contributed by atoms with Crippen LogP contribution in [0.2, 0.25) is 0 Å². The first-order valence-corrected chi connectivity index (χ1v) is 12.9. The molecule has 0 unspecified atom stereocenters. The predicted molar refractivity (Wildman–Crippen MR) is 110 cm³/mol. The molecule has 0 aliphatic carbocycles. The van der Waals surface area contributed by atoms with Crippen molar-refractivity contribution in [2.24, 2.45) is 0 Å². The number of amides is 1. The Bertz CT molecular complexity index is 1140. The molecule has 0 saturated carbocycles. The molecule has 1 heterocycles. The van der Waals surface area contributed by atoms with Gasteiger partial charge in [0.05, 0.1) is 22.1 Å². The monoisotopic (exact) mass is 476 g/mol. The van der Waals surface area contributed by atoms with E-state index in [9.17, 15) is 30.4 Å². The Morgan fingerprint density at radius 3 is 2.37 bits per heavy atom. The highest BCUT2D eigenvalue weighted by Gasteiger charge is 2.31. The van der Waals surface area contributed by atoms with Crippen LogP contribution in [0.25, 0.3) is 0 Å². The average Bonchev–Trinajstić information content (AvgIpc) is 3.00. The number of rotatable bonds is 7. The fourth-order valence-corrected chi connectivity index (χ4v) is 6.57. The highest BCUT2D eigenvalue weighted by Crippen LogP contribution is 2.31. The molecule has 1 aliphatic heterocycles. The van der Waals surface area contributed by atoms with E-state index in [1.807, 2.05) is 0 Å². The van der Waals surface area contributed by atoms with Gasteiger partial charge in [-0.3, -0.25) is 4.79 Å². The van der Waals surface area contributed by atoms with Crippen molar-refractivity contribution in [2.75, 3.05) is 16.8 Å². The largest absolute Gasteiger partial charge is 0.321 e. The lowest BCUT2D eigenvalue weighted by molar-refractivity contribution is 0.102. The number of alkyl halides is 2. The van der Waals surface area contributed by atoms with Crippen LogP contribution in [0.4, 0.5) is 14.5 Å². The molecule has 1 atom stereocenters. The molecular weight excluding hydrogens is 458 g/mol. The molecule has 0 bridgehead atoms. The summed E-state index contributed by atoms with van der Waals surface area (Å²) < 4.78 is 75.5. The van der Waals surface area contributed by atoms with E-state index < -0.39 is 37.6 Å². The van der Waals surface area contributed by atoms with Crippen molar-refractivity contribution in [3.05, 3.63) is 54.1 Å². The lowest BCUT2D eigenvalue weighted by Crippen LogP contribution is -2.35. The molecule has 7 nitrogen and oxygen atoms in total. The van der Waals surface area contributed by atoms with Crippen LogP contribution in [-0.4, -0.2) is 46.0 Å². The summed E-state index contributed by atoms with van der Waals surface area (Å²) in [5.74, 6) is -3.54. The van der Waals surface area contributed by atoms with Gasteiger partial charge in [-0.1, -0.05) is 23.9 Å². The zero-order valence-electron chi connectivity index (χ0n) is 15.4. The second-order valence-corrected chi connectivity index (χ2v) is 11.5. The summed E-state index contributed by atoms with van der Waals surface area (Å²) in [7, 11) is -7.19. The van der Waals surface area contributed by atoms with Gasteiger partial charge in [0.1, 0.15) is 0 Å². The highest BCUT2D eigenvalue weighted by atomic mass is 32.2. The maximum absolute atomic E-state index is 12.7. The summed E-state index contributed by atoms with van der Waals surface area (Å²) in [5, 5.41) is 2.53. The Labute approximate surface area is 177 Å². The van der Waals surface area contributed by atoms with E-state index in [2.05, 4.69) is 10.0 Å². The van der Waals surface area contributed by atoms with Crippen molar-refractivity contribution in [1.29, 1.82) is 0 Å². The number of thioether (sulfide) groups is 1. The van der Waals surface area contributed by atoms with Crippen molar-refractivity contribution < 1.29 is 30.4 Å². The number of benzene rings is 2. The second kappa shape index (κ2) is 9.00. The molecule has 1 saturated heterocycles. The van der Waals surface area contributed by atoms with Gasteiger partial charge >= 0.3 is 0 Å². The van der Waals surface area contributed by atoms with Crippen LogP contribution in [0.1, 0.15) is 16.8 Å². The van der Waals surface area contributed by atoms with Gasteiger partial charge in [-0.25, -0.2) is 21.6 Å². The number of carbonyl (C=O) groups excluding carboxylic acids is 1. The number of sulfone groups is 1. The van der Waals surface area contributed by atoms with Gasteiger partial charge in [-0.15, -0.1) is 0 Å². The zero-order chi connectivity index (χ0) is 21.9. The topological polar surface area (TPSA) is 109 Å². The molecule has 2 N–H and O–H groups in total. The first-order chi connectivity index (χ1) is 14.1. The molecule has 1 aliphatic rings.